The van der Waals surface area contributed by atoms with Gasteiger partial charge in [-0.15, -0.1) is 0 Å². The first-order chi connectivity index (χ1) is 6.72. The summed E-state index contributed by atoms with van der Waals surface area (Å²) in [7, 11) is 0. The summed E-state index contributed by atoms with van der Waals surface area (Å²) in [4.78, 5) is 22.0. The summed E-state index contributed by atoms with van der Waals surface area (Å²) >= 11 is 0. The summed E-state index contributed by atoms with van der Waals surface area (Å²) in [5.41, 5.74) is -0.866. The third kappa shape index (κ3) is 1.93. The first kappa shape index (κ1) is 10.7. The zero-order valence-electron chi connectivity index (χ0n) is 8.00. The fourth-order valence-corrected chi connectivity index (χ4v) is 1.11. The Bertz CT molecular complexity index is 365. The SMILES string of the molecule is CCOc1c(NCCCO)c(=O)c1=O. The Morgan fingerprint density at radius 3 is 2.64 bits per heavy atom. The summed E-state index contributed by atoms with van der Waals surface area (Å²) in [6.07, 6.45) is 0.532. The second kappa shape index (κ2) is 4.76. The lowest BCUT2D eigenvalue weighted by Crippen LogP contribution is -2.36. The Kier molecular flexibility index (Phi) is 3.64. The van der Waals surface area contributed by atoms with Crippen molar-refractivity contribution in [3.05, 3.63) is 20.4 Å². The predicted molar refractivity (Wildman–Crippen MR) is 52.7 cm³/mol. The van der Waals surface area contributed by atoms with Crippen LogP contribution in [0.1, 0.15) is 13.3 Å². The van der Waals surface area contributed by atoms with Crippen LogP contribution in [0, 0.1) is 0 Å². The van der Waals surface area contributed by atoms with Crippen LogP contribution >= 0.6 is 0 Å². The molecule has 0 aliphatic heterocycles. The fourth-order valence-electron chi connectivity index (χ4n) is 1.11. The van der Waals surface area contributed by atoms with Gasteiger partial charge in [0.15, 0.2) is 5.75 Å². The first-order valence-electron chi connectivity index (χ1n) is 4.53. The van der Waals surface area contributed by atoms with Crippen LogP contribution in [-0.2, 0) is 0 Å². The highest BCUT2D eigenvalue weighted by Gasteiger charge is 2.21. The van der Waals surface area contributed by atoms with Crippen LogP contribution in [-0.4, -0.2) is 24.9 Å². The van der Waals surface area contributed by atoms with E-state index in [0.717, 1.165) is 0 Å². The molecule has 0 saturated heterocycles. The number of rotatable bonds is 6. The minimum absolute atomic E-state index is 0.0480. The van der Waals surface area contributed by atoms with E-state index in [2.05, 4.69) is 5.32 Å². The smallest absolute Gasteiger partial charge is 0.272 e. The van der Waals surface area contributed by atoms with E-state index in [9.17, 15) is 9.59 Å². The molecule has 0 atom stereocenters. The zero-order chi connectivity index (χ0) is 10.6. The molecule has 0 aliphatic carbocycles. The third-order valence-electron chi connectivity index (χ3n) is 1.79. The molecule has 0 saturated carbocycles. The quantitative estimate of drug-likeness (QED) is 0.476. The molecule has 1 aromatic rings. The van der Waals surface area contributed by atoms with E-state index in [1.807, 2.05) is 0 Å². The third-order valence-corrected chi connectivity index (χ3v) is 1.79. The molecular weight excluding hydrogens is 186 g/mol. The topological polar surface area (TPSA) is 75.6 Å². The Balaban J connectivity index is 2.62. The van der Waals surface area contributed by atoms with Gasteiger partial charge in [0.25, 0.3) is 10.9 Å². The second-order valence-electron chi connectivity index (χ2n) is 2.80. The molecule has 1 aromatic carbocycles. The lowest BCUT2D eigenvalue weighted by molar-refractivity contribution is 0.292. The van der Waals surface area contributed by atoms with E-state index in [1.165, 1.54) is 0 Å². The van der Waals surface area contributed by atoms with E-state index >= 15 is 0 Å². The molecule has 78 valence electrons. The van der Waals surface area contributed by atoms with Crippen LogP contribution in [0.5, 0.6) is 5.75 Å². The Morgan fingerprint density at radius 1 is 1.36 bits per heavy atom. The van der Waals surface area contributed by atoms with Gasteiger partial charge in [0.2, 0.25) is 0 Å². The molecular formula is C9H13NO4. The second-order valence-corrected chi connectivity index (χ2v) is 2.80. The predicted octanol–water partition coefficient (Wildman–Crippen LogP) is -0.524. The average Bonchev–Trinajstić information content (AvgIpc) is 2.21. The van der Waals surface area contributed by atoms with Crippen molar-refractivity contribution in [2.24, 2.45) is 0 Å². The maximum absolute atomic E-state index is 11.0. The average molecular weight is 199 g/mol. The van der Waals surface area contributed by atoms with Gasteiger partial charge < -0.3 is 15.2 Å². The maximum atomic E-state index is 11.0. The van der Waals surface area contributed by atoms with Crippen molar-refractivity contribution in [2.45, 2.75) is 13.3 Å². The van der Waals surface area contributed by atoms with Crippen molar-refractivity contribution in [3.8, 4) is 5.75 Å². The monoisotopic (exact) mass is 199 g/mol. The van der Waals surface area contributed by atoms with Crippen molar-refractivity contribution in [1.82, 2.24) is 0 Å². The largest absolute Gasteiger partial charge is 0.488 e. The van der Waals surface area contributed by atoms with Gasteiger partial charge in [-0.3, -0.25) is 9.59 Å². The van der Waals surface area contributed by atoms with E-state index in [4.69, 9.17) is 9.84 Å². The number of aliphatic hydroxyl groups is 1. The summed E-state index contributed by atoms with van der Waals surface area (Å²) in [6, 6.07) is 0. The highest BCUT2D eigenvalue weighted by Crippen LogP contribution is 2.16. The number of ether oxygens (including phenoxy) is 1. The summed E-state index contributed by atoms with van der Waals surface area (Å²) < 4.78 is 4.99. The van der Waals surface area contributed by atoms with Gasteiger partial charge in [0.1, 0.15) is 5.69 Å². The van der Waals surface area contributed by atoms with E-state index in [0.29, 0.717) is 19.6 Å². The minimum Gasteiger partial charge on any atom is -0.488 e. The molecule has 0 heterocycles. The standard InChI is InChI=1S/C9H13NO4/c1-2-14-9-6(7(12)8(9)13)10-4-3-5-11/h10-11H,2-5H2,1H3. The van der Waals surface area contributed by atoms with Crippen molar-refractivity contribution in [3.63, 3.8) is 0 Å². The number of aliphatic hydroxyl groups excluding tert-OH is 1. The molecule has 1 rings (SSSR count). The molecule has 14 heavy (non-hydrogen) atoms. The van der Waals surface area contributed by atoms with Crippen LogP contribution in [0.15, 0.2) is 9.59 Å². The molecule has 0 radical (unpaired) electrons. The lowest BCUT2D eigenvalue weighted by Gasteiger charge is -2.12. The van der Waals surface area contributed by atoms with Crippen molar-refractivity contribution in [2.75, 3.05) is 25.1 Å². The van der Waals surface area contributed by atoms with E-state index in [1.54, 1.807) is 6.92 Å². The molecule has 0 amide bonds. The Labute approximate surface area is 81.0 Å². The molecule has 5 heteroatoms. The van der Waals surface area contributed by atoms with E-state index < -0.39 is 10.9 Å². The molecule has 0 spiro atoms. The van der Waals surface area contributed by atoms with Gasteiger partial charge in [-0.05, 0) is 13.3 Å². The van der Waals surface area contributed by atoms with Crippen molar-refractivity contribution >= 4 is 5.69 Å². The summed E-state index contributed by atoms with van der Waals surface area (Å²) in [5.74, 6) is 0.121. The Hall–Kier alpha value is -1.36. The van der Waals surface area contributed by atoms with Gasteiger partial charge in [-0.2, -0.15) is 0 Å². The van der Waals surface area contributed by atoms with Gasteiger partial charge in [-0.25, -0.2) is 0 Å². The molecule has 5 nitrogen and oxygen atoms in total. The molecule has 0 aromatic heterocycles. The highest BCUT2D eigenvalue weighted by molar-refractivity contribution is 5.61. The highest BCUT2D eigenvalue weighted by atomic mass is 16.5. The Morgan fingerprint density at radius 2 is 2.07 bits per heavy atom. The number of anilines is 1. The van der Waals surface area contributed by atoms with Crippen LogP contribution in [0.2, 0.25) is 0 Å². The van der Waals surface area contributed by atoms with Crippen LogP contribution in [0.3, 0.4) is 0 Å². The van der Waals surface area contributed by atoms with Crippen LogP contribution < -0.4 is 20.9 Å². The maximum Gasteiger partial charge on any atom is 0.272 e. The molecule has 0 fully saturated rings. The van der Waals surface area contributed by atoms with Gasteiger partial charge >= 0.3 is 0 Å². The molecule has 2 N–H and O–H groups in total. The first-order valence-corrected chi connectivity index (χ1v) is 4.53. The molecule has 0 bridgehead atoms. The lowest BCUT2D eigenvalue weighted by atomic mass is 10.2. The van der Waals surface area contributed by atoms with Crippen LogP contribution in [0.25, 0.3) is 0 Å². The van der Waals surface area contributed by atoms with Crippen molar-refractivity contribution < 1.29 is 9.84 Å². The zero-order valence-corrected chi connectivity index (χ0v) is 8.00. The number of hydrogen-bond acceptors (Lipinski definition) is 5. The number of nitrogens with one attached hydrogen (secondary N) is 1. The van der Waals surface area contributed by atoms with Crippen LogP contribution in [0.4, 0.5) is 5.69 Å². The fraction of sp³-hybridized carbons (Fsp3) is 0.556. The van der Waals surface area contributed by atoms with Gasteiger partial charge in [0, 0.05) is 13.2 Å². The van der Waals surface area contributed by atoms with Gasteiger partial charge in [-0.1, -0.05) is 0 Å². The summed E-state index contributed by atoms with van der Waals surface area (Å²) in [6.45, 7) is 2.61. The normalized spacial score (nSPS) is 10.4. The van der Waals surface area contributed by atoms with Gasteiger partial charge in [0.05, 0.1) is 6.61 Å². The molecule has 0 aliphatic rings. The summed E-state index contributed by atoms with van der Waals surface area (Å²) in [5, 5.41) is 11.3. The number of hydrogen-bond donors (Lipinski definition) is 2. The molecule has 0 unspecified atom stereocenters. The minimum atomic E-state index is -0.571. The van der Waals surface area contributed by atoms with Crippen molar-refractivity contribution in [1.29, 1.82) is 0 Å². The van der Waals surface area contributed by atoms with E-state index in [-0.39, 0.29) is 18.0 Å².